The molecular formula is C27H36BFN2O4Si. The van der Waals surface area contributed by atoms with Crippen molar-refractivity contribution in [2.75, 3.05) is 0 Å². The summed E-state index contributed by atoms with van der Waals surface area (Å²) >= 11 is 0. The van der Waals surface area contributed by atoms with Crippen molar-refractivity contribution in [3.63, 3.8) is 0 Å². The Bertz CT molecular complexity index is 1350. The first kappa shape index (κ1) is 26.7. The van der Waals surface area contributed by atoms with Crippen molar-refractivity contribution in [2.24, 2.45) is 0 Å². The summed E-state index contributed by atoms with van der Waals surface area (Å²) in [6, 6.07) is 9.72. The molecule has 1 saturated heterocycles. The normalized spacial score (nSPS) is 17.7. The van der Waals surface area contributed by atoms with E-state index in [1.807, 2.05) is 45.9 Å². The van der Waals surface area contributed by atoms with Crippen molar-refractivity contribution in [3.05, 3.63) is 64.5 Å². The van der Waals surface area contributed by atoms with Crippen molar-refractivity contribution in [1.29, 1.82) is 0 Å². The molecule has 0 atom stereocenters. The Balaban J connectivity index is 1.89. The van der Waals surface area contributed by atoms with Crippen molar-refractivity contribution >= 4 is 31.8 Å². The van der Waals surface area contributed by atoms with Gasteiger partial charge in [0.15, 0.2) is 8.32 Å². The predicted octanol–water partition coefficient (Wildman–Crippen LogP) is 5.35. The van der Waals surface area contributed by atoms with E-state index in [9.17, 15) is 9.18 Å². The quantitative estimate of drug-likeness (QED) is 0.434. The van der Waals surface area contributed by atoms with Gasteiger partial charge < -0.3 is 13.7 Å². The molecule has 192 valence electrons. The van der Waals surface area contributed by atoms with E-state index >= 15 is 0 Å². The topological polar surface area (TPSA) is 62.6 Å². The molecule has 1 aliphatic heterocycles. The van der Waals surface area contributed by atoms with E-state index in [0.717, 1.165) is 11.0 Å². The second kappa shape index (κ2) is 8.90. The first-order chi connectivity index (χ1) is 16.5. The van der Waals surface area contributed by atoms with Crippen LogP contribution in [-0.2, 0) is 20.3 Å². The SMILES string of the molecule is CC1(C)OB(c2cccc(-n3cnc4ccc(F)cc4c3=O)c2CO[Si](C)(C)C(C)(C)C)OC1(C)C. The number of aromatic nitrogens is 2. The largest absolute Gasteiger partial charge is 0.495 e. The molecule has 0 amide bonds. The zero-order valence-electron chi connectivity index (χ0n) is 22.7. The number of rotatable bonds is 5. The van der Waals surface area contributed by atoms with Crippen molar-refractivity contribution in [3.8, 4) is 5.69 Å². The summed E-state index contributed by atoms with van der Waals surface area (Å²) in [4.78, 5) is 17.9. The van der Waals surface area contributed by atoms with E-state index in [4.69, 9.17) is 13.7 Å². The molecule has 3 aromatic rings. The smallest absolute Gasteiger partial charge is 0.412 e. The van der Waals surface area contributed by atoms with Gasteiger partial charge in [0.05, 0.1) is 34.4 Å². The summed E-state index contributed by atoms with van der Waals surface area (Å²) < 4.78 is 34.8. The van der Waals surface area contributed by atoms with Gasteiger partial charge in [0.2, 0.25) is 0 Å². The molecule has 36 heavy (non-hydrogen) atoms. The maximum absolute atomic E-state index is 14.0. The van der Waals surface area contributed by atoms with E-state index in [1.54, 1.807) is 0 Å². The van der Waals surface area contributed by atoms with E-state index in [-0.39, 0.29) is 22.6 Å². The van der Waals surface area contributed by atoms with Crippen molar-refractivity contribution < 1.29 is 18.1 Å². The molecule has 9 heteroatoms. The van der Waals surface area contributed by atoms with Crippen LogP contribution in [0.5, 0.6) is 0 Å². The molecule has 0 saturated carbocycles. The van der Waals surface area contributed by atoms with Crippen LogP contribution in [0.25, 0.3) is 16.6 Å². The van der Waals surface area contributed by atoms with Gasteiger partial charge in [0.1, 0.15) is 12.1 Å². The lowest BCUT2D eigenvalue weighted by molar-refractivity contribution is 0.00578. The molecule has 1 fully saturated rings. The fraction of sp³-hybridized carbons (Fsp3) is 0.481. The Hall–Kier alpha value is -2.33. The fourth-order valence-electron chi connectivity index (χ4n) is 3.90. The molecule has 6 nitrogen and oxygen atoms in total. The molecule has 0 unspecified atom stereocenters. The third kappa shape index (κ3) is 4.69. The number of fused-ring (bicyclic) bond motifs is 1. The summed E-state index contributed by atoms with van der Waals surface area (Å²) in [5.74, 6) is -0.480. The van der Waals surface area contributed by atoms with E-state index in [2.05, 4.69) is 38.8 Å². The maximum atomic E-state index is 14.0. The Morgan fingerprint density at radius 3 is 2.33 bits per heavy atom. The maximum Gasteiger partial charge on any atom is 0.495 e. The van der Waals surface area contributed by atoms with Gasteiger partial charge in [-0.15, -0.1) is 0 Å². The van der Waals surface area contributed by atoms with Crippen LogP contribution < -0.4 is 11.0 Å². The molecule has 4 rings (SSSR count). The summed E-state index contributed by atoms with van der Waals surface area (Å²) in [7, 11) is -2.76. The van der Waals surface area contributed by atoms with Crippen LogP contribution in [0, 0.1) is 5.82 Å². The zero-order valence-corrected chi connectivity index (χ0v) is 23.7. The number of nitrogens with zero attached hydrogens (tertiary/aromatic N) is 2. The van der Waals surface area contributed by atoms with Crippen LogP contribution in [0.2, 0.25) is 18.1 Å². The molecule has 0 aliphatic carbocycles. The van der Waals surface area contributed by atoms with Gasteiger partial charge in [-0.05, 0) is 75.6 Å². The Morgan fingerprint density at radius 1 is 1.08 bits per heavy atom. The summed E-state index contributed by atoms with van der Waals surface area (Å²) in [6.45, 7) is 19.3. The number of hydrogen-bond acceptors (Lipinski definition) is 5. The summed E-state index contributed by atoms with van der Waals surface area (Å²) in [5, 5.41) is 0.223. The highest BCUT2D eigenvalue weighted by atomic mass is 28.4. The van der Waals surface area contributed by atoms with Crippen LogP contribution in [0.15, 0.2) is 47.5 Å². The zero-order chi connectivity index (χ0) is 26.7. The highest BCUT2D eigenvalue weighted by molar-refractivity contribution is 6.74. The number of hydrogen-bond donors (Lipinski definition) is 0. The average molecular weight is 510 g/mol. The standard InChI is InChI=1S/C27H36BFN2O4Si/c1-25(2,3)36(8,9)33-16-20-21(28-34-26(4,5)27(6,7)35-28)11-10-12-23(20)31-17-30-22-14-13-18(29)15-19(22)24(31)32/h10-15,17H,16H2,1-9H3. The fourth-order valence-corrected chi connectivity index (χ4v) is 4.84. The van der Waals surface area contributed by atoms with Gasteiger partial charge >= 0.3 is 7.12 Å². The Kier molecular flexibility index (Phi) is 6.61. The van der Waals surface area contributed by atoms with Crippen LogP contribution in [0.3, 0.4) is 0 Å². The average Bonchev–Trinajstić information content (AvgIpc) is 2.99. The van der Waals surface area contributed by atoms with Gasteiger partial charge in [-0.3, -0.25) is 9.36 Å². The second-order valence-corrected chi connectivity index (χ2v) is 16.9. The molecule has 2 aromatic carbocycles. The molecular weight excluding hydrogens is 474 g/mol. The lowest BCUT2D eigenvalue weighted by Gasteiger charge is -2.36. The molecule has 0 bridgehead atoms. The van der Waals surface area contributed by atoms with Crippen molar-refractivity contribution in [2.45, 2.75) is 84.4 Å². The first-order valence-corrected chi connectivity index (χ1v) is 15.2. The second-order valence-electron chi connectivity index (χ2n) is 12.1. The third-order valence-electron chi connectivity index (χ3n) is 8.06. The van der Waals surface area contributed by atoms with Crippen molar-refractivity contribution in [1.82, 2.24) is 9.55 Å². The van der Waals surface area contributed by atoms with E-state index in [0.29, 0.717) is 11.2 Å². The Morgan fingerprint density at radius 2 is 1.72 bits per heavy atom. The molecule has 0 spiro atoms. The minimum absolute atomic E-state index is 0.00527. The minimum atomic E-state index is -2.13. The monoisotopic (exact) mass is 510 g/mol. The van der Waals surface area contributed by atoms with Gasteiger partial charge in [-0.25, -0.2) is 9.37 Å². The van der Waals surface area contributed by atoms with Crippen LogP contribution in [0.1, 0.15) is 54.0 Å². The minimum Gasteiger partial charge on any atom is -0.412 e. The van der Waals surface area contributed by atoms with Crippen LogP contribution in [-0.4, -0.2) is 36.2 Å². The van der Waals surface area contributed by atoms with Gasteiger partial charge in [-0.2, -0.15) is 0 Å². The van der Waals surface area contributed by atoms with Gasteiger partial charge in [-0.1, -0.05) is 32.9 Å². The molecule has 2 heterocycles. The highest BCUT2D eigenvalue weighted by Gasteiger charge is 2.52. The van der Waals surface area contributed by atoms with Gasteiger partial charge in [0.25, 0.3) is 5.56 Å². The highest BCUT2D eigenvalue weighted by Crippen LogP contribution is 2.39. The molecule has 0 N–H and O–H groups in total. The summed E-state index contributed by atoms with van der Waals surface area (Å²) in [5.41, 5.74) is 1.26. The molecule has 1 aliphatic rings. The van der Waals surface area contributed by atoms with Crippen LogP contribution in [0.4, 0.5) is 4.39 Å². The lowest BCUT2D eigenvalue weighted by Crippen LogP contribution is -2.43. The Labute approximate surface area is 214 Å². The molecule has 1 aromatic heterocycles. The van der Waals surface area contributed by atoms with Gasteiger partial charge in [0, 0.05) is 5.56 Å². The summed E-state index contributed by atoms with van der Waals surface area (Å²) in [6.07, 6.45) is 1.49. The number of halogens is 1. The predicted molar refractivity (Wildman–Crippen MR) is 145 cm³/mol. The number of benzene rings is 2. The molecule has 0 radical (unpaired) electrons. The van der Waals surface area contributed by atoms with E-state index < -0.39 is 32.5 Å². The lowest BCUT2D eigenvalue weighted by atomic mass is 9.75. The third-order valence-corrected chi connectivity index (χ3v) is 12.5. The van der Waals surface area contributed by atoms with E-state index in [1.165, 1.54) is 29.1 Å². The first-order valence-electron chi connectivity index (χ1n) is 12.3. The van der Waals surface area contributed by atoms with Crippen LogP contribution >= 0.6 is 0 Å².